The first-order chi connectivity index (χ1) is 6.25. The van der Waals surface area contributed by atoms with E-state index >= 15 is 0 Å². The summed E-state index contributed by atoms with van der Waals surface area (Å²) >= 11 is 0. The molecule has 0 aromatic rings. The first-order valence-electron chi connectivity index (χ1n) is 4.67. The average molecular weight is 211 g/mol. The Morgan fingerprint density at radius 1 is 1.36 bits per heavy atom. The topological polar surface area (TPSA) is 52.5 Å². The van der Waals surface area contributed by atoms with Crippen molar-refractivity contribution in [2.75, 3.05) is 6.54 Å². The maximum Gasteiger partial charge on any atom is 0.266 e. The number of alkyl halides is 2. The van der Waals surface area contributed by atoms with Crippen molar-refractivity contribution in [3.63, 3.8) is 0 Å². The van der Waals surface area contributed by atoms with Crippen molar-refractivity contribution in [1.29, 1.82) is 0 Å². The van der Waals surface area contributed by atoms with Gasteiger partial charge in [0.1, 0.15) is 5.60 Å². The molecule has 0 rings (SSSR count). The Labute approximate surface area is 83.1 Å². The van der Waals surface area contributed by atoms with Gasteiger partial charge < -0.3 is 15.5 Å². The predicted octanol–water partition coefficient (Wildman–Crippen LogP) is 0.751. The zero-order valence-corrected chi connectivity index (χ0v) is 8.80. The SMILES string of the molecule is CC(C)NC[C@H](O)C[C@](C)(O)C(F)F. The molecule has 86 valence electrons. The summed E-state index contributed by atoms with van der Waals surface area (Å²) in [6.07, 6.45) is -4.12. The number of hydrogen-bond acceptors (Lipinski definition) is 3. The fourth-order valence-corrected chi connectivity index (χ4v) is 1.01. The number of hydrogen-bond donors (Lipinski definition) is 3. The smallest absolute Gasteiger partial charge is 0.266 e. The second-order valence-electron chi connectivity index (χ2n) is 4.08. The molecule has 0 radical (unpaired) electrons. The van der Waals surface area contributed by atoms with E-state index in [1.807, 2.05) is 13.8 Å². The summed E-state index contributed by atoms with van der Waals surface area (Å²) in [6, 6.07) is 0.182. The van der Waals surface area contributed by atoms with Gasteiger partial charge in [0.15, 0.2) is 0 Å². The van der Waals surface area contributed by atoms with Crippen molar-refractivity contribution in [3.05, 3.63) is 0 Å². The summed E-state index contributed by atoms with van der Waals surface area (Å²) in [5.74, 6) is 0. The van der Waals surface area contributed by atoms with Crippen LogP contribution in [0.4, 0.5) is 8.78 Å². The van der Waals surface area contributed by atoms with E-state index in [0.29, 0.717) is 0 Å². The van der Waals surface area contributed by atoms with Crippen LogP contribution in [-0.4, -0.2) is 40.9 Å². The third kappa shape index (κ3) is 5.47. The standard InChI is InChI=1S/C9H19F2NO2/c1-6(2)12-5-7(13)4-9(3,14)8(10)11/h6-8,12-14H,4-5H2,1-3H3/t7-,9+/m1/s1. The third-order valence-corrected chi connectivity index (χ3v) is 1.88. The maximum absolute atomic E-state index is 12.2. The van der Waals surface area contributed by atoms with E-state index in [4.69, 9.17) is 0 Å². The Hall–Kier alpha value is -0.260. The lowest BCUT2D eigenvalue weighted by Crippen LogP contribution is -2.41. The fraction of sp³-hybridized carbons (Fsp3) is 1.00. The van der Waals surface area contributed by atoms with Crippen LogP contribution in [0.5, 0.6) is 0 Å². The second kappa shape index (κ2) is 5.58. The minimum absolute atomic E-state index is 0.182. The minimum atomic E-state index is -2.84. The van der Waals surface area contributed by atoms with Gasteiger partial charge >= 0.3 is 0 Å². The Morgan fingerprint density at radius 3 is 2.21 bits per heavy atom. The summed E-state index contributed by atoms with van der Waals surface area (Å²) in [5.41, 5.74) is -2.11. The van der Waals surface area contributed by atoms with Crippen molar-refractivity contribution in [2.24, 2.45) is 0 Å². The largest absolute Gasteiger partial charge is 0.392 e. The highest BCUT2D eigenvalue weighted by atomic mass is 19.3. The van der Waals surface area contributed by atoms with Crippen LogP contribution in [0.3, 0.4) is 0 Å². The first kappa shape index (κ1) is 13.7. The van der Waals surface area contributed by atoms with Crippen LogP contribution in [0.1, 0.15) is 27.2 Å². The first-order valence-corrected chi connectivity index (χ1v) is 4.67. The van der Waals surface area contributed by atoms with Gasteiger partial charge in [0.25, 0.3) is 6.43 Å². The minimum Gasteiger partial charge on any atom is -0.392 e. The molecule has 0 saturated heterocycles. The number of aliphatic hydroxyl groups is 2. The normalized spacial score (nSPS) is 18.6. The number of nitrogens with one attached hydrogen (secondary N) is 1. The maximum atomic E-state index is 12.2. The van der Waals surface area contributed by atoms with E-state index in [0.717, 1.165) is 6.92 Å². The number of aliphatic hydroxyl groups excluding tert-OH is 1. The van der Waals surface area contributed by atoms with E-state index in [9.17, 15) is 19.0 Å². The monoisotopic (exact) mass is 211 g/mol. The van der Waals surface area contributed by atoms with Gasteiger partial charge in [-0.1, -0.05) is 13.8 Å². The van der Waals surface area contributed by atoms with Crippen LogP contribution in [0, 0.1) is 0 Å². The van der Waals surface area contributed by atoms with Crippen LogP contribution in [0.2, 0.25) is 0 Å². The van der Waals surface area contributed by atoms with E-state index in [2.05, 4.69) is 5.32 Å². The van der Waals surface area contributed by atoms with Crippen LogP contribution >= 0.6 is 0 Å². The molecule has 0 amide bonds. The zero-order chi connectivity index (χ0) is 11.4. The van der Waals surface area contributed by atoms with Gasteiger partial charge in [-0.15, -0.1) is 0 Å². The molecule has 3 nitrogen and oxygen atoms in total. The summed E-state index contributed by atoms with van der Waals surface area (Å²) in [5, 5.41) is 21.4. The number of halogens is 2. The van der Waals surface area contributed by atoms with Crippen LogP contribution in [0.25, 0.3) is 0 Å². The van der Waals surface area contributed by atoms with E-state index in [-0.39, 0.29) is 19.0 Å². The van der Waals surface area contributed by atoms with Gasteiger partial charge in [0.05, 0.1) is 6.10 Å². The van der Waals surface area contributed by atoms with Crippen LogP contribution in [-0.2, 0) is 0 Å². The molecular weight excluding hydrogens is 192 g/mol. The lowest BCUT2D eigenvalue weighted by molar-refractivity contribution is -0.105. The van der Waals surface area contributed by atoms with Gasteiger partial charge in [-0.2, -0.15) is 0 Å². The van der Waals surface area contributed by atoms with Gasteiger partial charge in [-0.05, 0) is 6.92 Å². The summed E-state index contributed by atoms with van der Waals surface area (Å²) < 4.78 is 24.4. The summed E-state index contributed by atoms with van der Waals surface area (Å²) in [4.78, 5) is 0. The summed E-state index contributed by atoms with van der Waals surface area (Å²) in [7, 11) is 0. The lowest BCUT2D eigenvalue weighted by Gasteiger charge is -2.25. The van der Waals surface area contributed by atoms with Gasteiger partial charge in [-0.25, -0.2) is 8.78 Å². The van der Waals surface area contributed by atoms with Crippen molar-refractivity contribution in [2.45, 2.75) is 51.4 Å². The van der Waals surface area contributed by atoms with Gasteiger partial charge in [0.2, 0.25) is 0 Å². The van der Waals surface area contributed by atoms with Gasteiger partial charge in [-0.3, -0.25) is 0 Å². The molecule has 0 aliphatic carbocycles. The van der Waals surface area contributed by atoms with Crippen molar-refractivity contribution in [3.8, 4) is 0 Å². The Bertz CT molecular complexity index is 163. The molecule has 2 atom stereocenters. The Kier molecular flexibility index (Phi) is 5.48. The van der Waals surface area contributed by atoms with Crippen molar-refractivity contribution < 1.29 is 19.0 Å². The molecule has 0 spiro atoms. The highest BCUT2D eigenvalue weighted by molar-refractivity contribution is 4.80. The van der Waals surface area contributed by atoms with E-state index < -0.39 is 18.1 Å². The van der Waals surface area contributed by atoms with Crippen LogP contribution in [0.15, 0.2) is 0 Å². The highest BCUT2D eigenvalue weighted by Crippen LogP contribution is 2.20. The average Bonchev–Trinajstić information content (AvgIpc) is 1.99. The molecule has 0 aliphatic heterocycles. The molecule has 0 bridgehead atoms. The molecule has 0 aromatic heterocycles. The predicted molar refractivity (Wildman–Crippen MR) is 50.4 cm³/mol. The van der Waals surface area contributed by atoms with E-state index in [1.165, 1.54) is 0 Å². The molecule has 0 aliphatic rings. The molecule has 3 N–H and O–H groups in total. The molecule has 0 unspecified atom stereocenters. The fourth-order valence-electron chi connectivity index (χ4n) is 1.01. The molecule has 0 fully saturated rings. The third-order valence-electron chi connectivity index (χ3n) is 1.88. The molecule has 0 aromatic carbocycles. The van der Waals surface area contributed by atoms with E-state index in [1.54, 1.807) is 0 Å². The molecule has 0 heterocycles. The lowest BCUT2D eigenvalue weighted by atomic mass is 9.99. The number of rotatable bonds is 6. The highest BCUT2D eigenvalue weighted by Gasteiger charge is 2.34. The van der Waals surface area contributed by atoms with Gasteiger partial charge in [0, 0.05) is 19.0 Å². The van der Waals surface area contributed by atoms with Crippen LogP contribution < -0.4 is 5.32 Å². The molecule has 14 heavy (non-hydrogen) atoms. The summed E-state index contributed by atoms with van der Waals surface area (Å²) in [6.45, 7) is 5.01. The van der Waals surface area contributed by atoms with Crippen molar-refractivity contribution in [1.82, 2.24) is 5.32 Å². The zero-order valence-electron chi connectivity index (χ0n) is 8.80. The Balaban J connectivity index is 3.87. The molecule has 5 heteroatoms. The Morgan fingerprint density at radius 2 is 1.86 bits per heavy atom. The molecule has 0 saturated carbocycles. The quantitative estimate of drug-likeness (QED) is 0.607. The molecular formula is C9H19F2NO2. The van der Waals surface area contributed by atoms with Crippen molar-refractivity contribution >= 4 is 0 Å². The second-order valence-corrected chi connectivity index (χ2v) is 4.08.